The molecule has 1 aromatic carbocycles. The Labute approximate surface area is 174 Å². The fraction of sp³-hybridized carbons (Fsp3) is 0.444. The highest BCUT2D eigenvalue weighted by Crippen LogP contribution is 2.31. The first-order valence-electron chi connectivity index (χ1n) is 9.51. The Balaban J connectivity index is 1.56. The summed E-state index contributed by atoms with van der Waals surface area (Å²) in [6, 6.07) is 4.69. The highest BCUT2D eigenvalue weighted by molar-refractivity contribution is 7.89. The molecule has 0 atom stereocenters. The second-order valence-corrected chi connectivity index (χ2v) is 8.59. The highest BCUT2D eigenvalue weighted by atomic mass is 32.2. The lowest BCUT2D eigenvalue weighted by Gasteiger charge is -2.34. The summed E-state index contributed by atoms with van der Waals surface area (Å²) in [7, 11) is -0.757. The molecule has 0 amide bonds. The quantitative estimate of drug-likeness (QED) is 0.556. The van der Waals surface area contributed by atoms with E-state index < -0.39 is 10.0 Å². The maximum Gasteiger partial charge on any atom is 0.246 e. The van der Waals surface area contributed by atoms with Crippen LogP contribution < -0.4 is 14.4 Å². The molecular formula is C18H23N7O4S. The topological polar surface area (TPSA) is 116 Å². The van der Waals surface area contributed by atoms with Crippen LogP contribution in [0.15, 0.2) is 29.4 Å². The molecule has 1 aliphatic heterocycles. The van der Waals surface area contributed by atoms with Crippen LogP contribution in [0.1, 0.15) is 6.92 Å². The Morgan fingerprint density at radius 3 is 2.50 bits per heavy atom. The summed E-state index contributed by atoms with van der Waals surface area (Å²) >= 11 is 0. The largest absolute Gasteiger partial charge is 0.497 e. The summed E-state index contributed by atoms with van der Waals surface area (Å²) in [5.41, 5.74) is 1.29. The predicted molar refractivity (Wildman–Crippen MR) is 109 cm³/mol. The zero-order valence-electron chi connectivity index (χ0n) is 17.0. The molecule has 3 heterocycles. The third-order valence-electron chi connectivity index (χ3n) is 5.11. The Hall–Kier alpha value is -2.99. The van der Waals surface area contributed by atoms with Gasteiger partial charge in [0.2, 0.25) is 10.0 Å². The first kappa shape index (κ1) is 20.3. The number of hydrogen-bond donors (Lipinski definition) is 0. The maximum atomic E-state index is 13.2. The zero-order valence-corrected chi connectivity index (χ0v) is 17.8. The minimum absolute atomic E-state index is 0.120. The van der Waals surface area contributed by atoms with E-state index in [9.17, 15) is 8.42 Å². The second kappa shape index (κ2) is 8.03. The highest BCUT2D eigenvalue weighted by Gasteiger charge is 2.32. The van der Waals surface area contributed by atoms with E-state index in [2.05, 4.69) is 20.3 Å². The van der Waals surface area contributed by atoms with Gasteiger partial charge in [-0.25, -0.2) is 23.1 Å². The van der Waals surface area contributed by atoms with Crippen molar-refractivity contribution >= 4 is 27.0 Å². The van der Waals surface area contributed by atoms with Crippen LogP contribution >= 0.6 is 0 Å². The van der Waals surface area contributed by atoms with Gasteiger partial charge in [-0.1, -0.05) is 5.21 Å². The summed E-state index contributed by atoms with van der Waals surface area (Å²) in [6.45, 7) is 4.19. The second-order valence-electron chi connectivity index (χ2n) is 6.68. The normalized spacial score (nSPS) is 15.5. The number of sulfonamides is 1. The molecule has 2 aromatic heterocycles. The predicted octanol–water partition coefficient (Wildman–Crippen LogP) is 0.769. The van der Waals surface area contributed by atoms with Gasteiger partial charge < -0.3 is 14.4 Å². The summed E-state index contributed by atoms with van der Waals surface area (Å²) in [5, 5.41) is 8.31. The van der Waals surface area contributed by atoms with Gasteiger partial charge in [0, 0.05) is 38.8 Å². The van der Waals surface area contributed by atoms with E-state index >= 15 is 0 Å². The fourth-order valence-corrected chi connectivity index (χ4v) is 5.05. The first-order valence-corrected chi connectivity index (χ1v) is 10.9. The molecule has 1 aliphatic rings. The number of methoxy groups -OCH3 is 2. The molecule has 11 nitrogen and oxygen atoms in total. The van der Waals surface area contributed by atoms with Gasteiger partial charge in [0.1, 0.15) is 22.7 Å². The van der Waals surface area contributed by atoms with Crippen LogP contribution in [0, 0.1) is 0 Å². The van der Waals surface area contributed by atoms with Gasteiger partial charge in [-0.15, -0.1) is 5.10 Å². The number of benzene rings is 1. The van der Waals surface area contributed by atoms with Gasteiger partial charge in [-0.2, -0.15) is 4.31 Å². The van der Waals surface area contributed by atoms with Crippen molar-refractivity contribution in [2.24, 2.45) is 0 Å². The van der Waals surface area contributed by atoms with Gasteiger partial charge in [-0.05, 0) is 19.1 Å². The Kier molecular flexibility index (Phi) is 5.43. The van der Waals surface area contributed by atoms with Crippen molar-refractivity contribution in [3.05, 3.63) is 24.5 Å². The molecule has 160 valence electrons. The van der Waals surface area contributed by atoms with E-state index in [0.29, 0.717) is 55.5 Å². The third-order valence-corrected chi connectivity index (χ3v) is 7.05. The molecule has 3 aromatic rings. The van der Waals surface area contributed by atoms with Crippen LogP contribution in [-0.2, 0) is 16.6 Å². The van der Waals surface area contributed by atoms with Crippen LogP contribution in [0.25, 0.3) is 11.2 Å². The average molecular weight is 433 g/mol. The standard InChI is InChI=1S/C18H23N7O4S/c1-4-25-18-16(21-22-25)17(19-12-20-18)23-7-9-24(10-8-23)30(26,27)15-6-5-13(28-2)11-14(15)29-3/h5-6,11-12H,4,7-10H2,1-3H3. The van der Waals surface area contributed by atoms with E-state index in [1.165, 1.54) is 30.9 Å². The smallest absolute Gasteiger partial charge is 0.246 e. The lowest BCUT2D eigenvalue weighted by molar-refractivity contribution is 0.369. The molecule has 1 saturated heterocycles. The molecule has 0 bridgehead atoms. The molecule has 0 N–H and O–H groups in total. The fourth-order valence-electron chi connectivity index (χ4n) is 3.49. The SMILES string of the molecule is CCn1nnc2c(N3CCN(S(=O)(=O)c4ccc(OC)cc4OC)CC3)ncnc21. The number of anilines is 1. The van der Waals surface area contributed by atoms with Crippen LogP contribution in [0.4, 0.5) is 5.82 Å². The van der Waals surface area contributed by atoms with Gasteiger partial charge in [0.15, 0.2) is 17.0 Å². The van der Waals surface area contributed by atoms with Crippen molar-refractivity contribution in [2.75, 3.05) is 45.3 Å². The van der Waals surface area contributed by atoms with Gasteiger partial charge in [0.05, 0.1) is 14.2 Å². The summed E-state index contributed by atoms with van der Waals surface area (Å²) in [6.07, 6.45) is 1.48. The number of rotatable bonds is 6. The molecule has 0 saturated carbocycles. The summed E-state index contributed by atoms with van der Waals surface area (Å²) in [4.78, 5) is 10.8. The van der Waals surface area contributed by atoms with Crippen molar-refractivity contribution in [1.29, 1.82) is 0 Å². The number of ether oxygens (including phenoxy) is 2. The van der Waals surface area contributed by atoms with Crippen LogP contribution in [0.2, 0.25) is 0 Å². The van der Waals surface area contributed by atoms with Crippen molar-refractivity contribution in [2.45, 2.75) is 18.4 Å². The zero-order chi connectivity index (χ0) is 21.3. The number of hydrogen-bond acceptors (Lipinski definition) is 9. The van der Waals surface area contributed by atoms with Crippen molar-refractivity contribution < 1.29 is 17.9 Å². The molecule has 0 spiro atoms. The summed E-state index contributed by atoms with van der Waals surface area (Å²) < 4.78 is 40.0. The molecule has 1 fully saturated rings. The van der Waals surface area contributed by atoms with E-state index in [1.807, 2.05) is 11.8 Å². The van der Waals surface area contributed by atoms with Crippen LogP contribution in [0.5, 0.6) is 11.5 Å². The van der Waals surface area contributed by atoms with Gasteiger partial charge >= 0.3 is 0 Å². The van der Waals surface area contributed by atoms with Crippen molar-refractivity contribution in [1.82, 2.24) is 29.3 Å². The maximum absolute atomic E-state index is 13.2. The van der Waals surface area contributed by atoms with Gasteiger partial charge in [0.25, 0.3) is 0 Å². The Morgan fingerprint density at radius 2 is 1.83 bits per heavy atom. The third kappa shape index (κ3) is 3.41. The first-order chi connectivity index (χ1) is 14.5. The minimum atomic E-state index is -3.72. The lowest BCUT2D eigenvalue weighted by atomic mass is 10.3. The minimum Gasteiger partial charge on any atom is -0.497 e. The van der Waals surface area contributed by atoms with E-state index in [-0.39, 0.29) is 10.6 Å². The molecule has 12 heteroatoms. The Morgan fingerprint density at radius 1 is 1.07 bits per heavy atom. The van der Waals surface area contributed by atoms with Crippen molar-refractivity contribution in [3.63, 3.8) is 0 Å². The molecular weight excluding hydrogens is 410 g/mol. The van der Waals surface area contributed by atoms with Crippen molar-refractivity contribution in [3.8, 4) is 11.5 Å². The number of fused-ring (bicyclic) bond motifs is 1. The number of piperazine rings is 1. The number of aromatic nitrogens is 5. The van der Waals surface area contributed by atoms with E-state index in [1.54, 1.807) is 16.8 Å². The lowest BCUT2D eigenvalue weighted by Crippen LogP contribution is -2.49. The summed E-state index contributed by atoms with van der Waals surface area (Å²) in [5.74, 6) is 1.45. The molecule has 0 aliphatic carbocycles. The van der Waals surface area contributed by atoms with Crippen LogP contribution in [-0.4, -0.2) is 78.1 Å². The number of aryl methyl sites for hydroxylation is 1. The average Bonchev–Trinajstić information content (AvgIpc) is 3.22. The molecule has 0 unspecified atom stereocenters. The molecule has 30 heavy (non-hydrogen) atoms. The van der Waals surface area contributed by atoms with E-state index in [4.69, 9.17) is 9.47 Å². The number of nitrogens with zero attached hydrogens (tertiary/aromatic N) is 7. The van der Waals surface area contributed by atoms with E-state index in [0.717, 1.165) is 0 Å². The molecule has 0 radical (unpaired) electrons. The molecule has 4 rings (SSSR count). The monoisotopic (exact) mass is 433 g/mol. The van der Waals surface area contributed by atoms with Gasteiger partial charge in [-0.3, -0.25) is 0 Å². The Bertz CT molecular complexity index is 1160. The van der Waals surface area contributed by atoms with Crippen LogP contribution in [0.3, 0.4) is 0 Å².